The van der Waals surface area contributed by atoms with E-state index >= 15 is 0 Å². The van der Waals surface area contributed by atoms with Crippen LogP contribution < -0.4 is 15.4 Å². The van der Waals surface area contributed by atoms with Crippen molar-refractivity contribution in [2.45, 2.75) is 33.1 Å². The third-order valence-electron chi connectivity index (χ3n) is 3.39. The van der Waals surface area contributed by atoms with Gasteiger partial charge in [0.05, 0.1) is 12.3 Å². The summed E-state index contributed by atoms with van der Waals surface area (Å²) in [5, 5.41) is 5.98. The minimum Gasteiger partial charge on any atom is -0.492 e. The highest BCUT2D eigenvalue weighted by Crippen LogP contribution is 2.25. The van der Waals surface area contributed by atoms with Crippen LogP contribution in [0.2, 0.25) is 0 Å². The van der Waals surface area contributed by atoms with Crippen molar-refractivity contribution in [1.29, 1.82) is 0 Å². The van der Waals surface area contributed by atoms with Gasteiger partial charge in [0.15, 0.2) is 0 Å². The van der Waals surface area contributed by atoms with Crippen LogP contribution in [0.15, 0.2) is 36.5 Å². The standard InChI is InChI=1S/C18H24N4O2/c1-3-5-8-12-19-17(23)15-11-13-20-18(22-15)21-14-9-6-7-10-16(14)24-4-2/h6-7,9-11,13H,3-5,8,12H2,1-2H3,(H,19,23)(H,20,21,22). The number of benzene rings is 1. The van der Waals surface area contributed by atoms with Crippen LogP contribution in [0.4, 0.5) is 11.6 Å². The third-order valence-corrected chi connectivity index (χ3v) is 3.39. The quantitative estimate of drug-likeness (QED) is 0.689. The summed E-state index contributed by atoms with van der Waals surface area (Å²) in [6.07, 6.45) is 4.77. The van der Waals surface area contributed by atoms with Crippen molar-refractivity contribution in [2.75, 3.05) is 18.5 Å². The summed E-state index contributed by atoms with van der Waals surface area (Å²) in [6, 6.07) is 9.16. The second-order valence-electron chi connectivity index (χ2n) is 5.28. The minimum absolute atomic E-state index is 0.186. The Morgan fingerprint density at radius 1 is 1.17 bits per heavy atom. The van der Waals surface area contributed by atoms with E-state index in [1.165, 1.54) is 0 Å². The Bertz CT molecular complexity index is 661. The second-order valence-corrected chi connectivity index (χ2v) is 5.28. The molecule has 1 aromatic heterocycles. The van der Waals surface area contributed by atoms with Gasteiger partial charge in [0.25, 0.3) is 5.91 Å². The van der Waals surface area contributed by atoms with Crippen molar-refractivity contribution in [3.63, 3.8) is 0 Å². The van der Waals surface area contributed by atoms with E-state index in [1.807, 2.05) is 31.2 Å². The summed E-state index contributed by atoms with van der Waals surface area (Å²) in [7, 11) is 0. The molecule has 0 aliphatic heterocycles. The average molecular weight is 328 g/mol. The number of carbonyl (C=O) groups is 1. The number of hydrogen-bond donors (Lipinski definition) is 2. The molecule has 0 fully saturated rings. The van der Waals surface area contributed by atoms with E-state index in [9.17, 15) is 4.79 Å². The highest BCUT2D eigenvalue weighted by molar-refractivity contribution is 5.92. The Kier molecular flexibility index (Phi) is 7.01. The first-order valence-corrected chi connectivity index (χ1v) is 8.34. The molecule has 0 spiro atoms. The predicted octanol–water partition coefficient (Wildman–Crippen LogP) is 3.54. The maximum Gasteiger partial charge on any atom is 0.270 e. The van der Waals surface area contributed by atoms with Crippen LogP contribution in [0.3, 0.4) is 0 Å². The van der Waals surface area contributed by atoms with Crippen LogP contribution in [-0.2, 0) is 0 Å². The lowest BCUT2D eigenvalue weighted by molar-refractivity contribution is 0.0948. The van der Waals surface area contributed by atoms with Crippen molar-refractivity contribution in [1.82, 2.24) is 15.3 Å². The first kappa shape index (κ1) is 17.7. The number of aromatic nitrogens is 2. The fourth-order valence-corrected chi connectivity index (χ4v) is 2.18. The molecule has 0 radical (unpaired) electrons. The number of hydrogen-bond acceptors (Lipinski definition) is 5. The Morgan fingerprint density at radius 3 is 2.79 bits per heavy atom. The van der Waals surface area contributed by atoms with E-state index < -0.39 is 0 Å². The van der Waals surface area contributed by atoms with Gasteiger partial charge in [0.2, 0.25) is 5.95 Å². The van der Waals surface area contributed by atoms with Gasteiger partial charge in [-0.15, -0.1) is 0 Å². The zero-order valence-electron chi connectivity index (χ0n) is 14.2. The molecule has 2 N–H and O–H groups in total. The Labute approximate surface area is 142 Å². The SMILES string of the molecule is CCCCCNC(=O)c1ccnc(Nc2ccccc2OCC)n1. The third kappa shape index (κ3) is 5.22. The molecule has 0 aliphatic carbocycles. The molecule has 2 rings (SSSR count). The molecule has 0 saturated carbocycles. The van der Waals surface area contributed by atoms with Gasteiger partial charge in [0.1, 0.15) is 11.4 Å². The molecule has 1 aromatic carbocycles. The Morgan fingerprint density at radius 2 is 2.00 bits per heavy atom. The summed E-state index contributed by atoms with van der Waals surface area (Å²) in [5.41, 5.74) is 1.11. The van der Waals surface area contributed by atoms with Crippen LogP contribution in [0, 0.1) is 0 Å². The van der Waals surface area contributed by atoms with E-state index in [1.54, 1.807) is 12.3 Å². The topological polar surface area (TPSA) is 76.1 Å². The number of amides is 1. The van der Waals surface area contributed by atoms with Crippen molar-refractivity contribution < 1.29 is 9.53 Å². The van der Waals surface area contributed by atoms with Gasteiger partial charge in [-0.05, 0) is 31.5 Å². The monoisotopic (exact) mass is 328 g/mol. The lowest BCUT2D eigenvalue weighted by Gasteiger charge is -2.11. The van der Waals surface area contributed by atoms with Gasteiger partial charge in [-0.2, -0.15) is 0 Å². The number of ether oxygens (including phenoxy) is 1. The van der Waals surface area contributed by atoms with Gasteiger partial charge >= 0.3 is 0 Å². The van der Waals surface area contributed by atoms with E-state index in [2.05, 4.69) is 27.5 Å². The number of nitrogens with zero attached hydrogens (tertiary/aromatic N) is 2. The highest BCUT2D eigenvalue weighted by atomic mass is 16.5. The predicted molar refractivity (Wildman–Crippen MR) is 94.8 cm³/mol. The summed E-state index contributed by atoms with van der Waals surface area (Å²) < 4.78 is 5.57. The van der Waals surface area contributed by atoms with Crippen LogP contribution in [0.25, 0.3) is 0 Å². The molecule has 0 saturated heterocycles. The first-order chi connectivity index (χ1) is 11.7. The Balaban J connectivity index is 2.04. The first-order valence-electron chi connectivity index (χ1n) is 8.34. The van der Waals surface area contributed by atoms with E-state index in [4.69, 9.17) is 4.74 Å². The van der Waals surface area contributed by atoms with E-state index in [0.29, 0.717) is 24.8 Å². The van der Waals surface area contributed by atoms with Crippen LogP contribution in [0.1, 0.15) is 43.6 Å². The molecule has 6 heteroatoms. The zero-order chi connectivity index (χ0) is 17.2. The van der Waals surface area contributed by atoms with E-state index in [0.717, 1.165) is 30.7 Å². The van der Waals surface area contributed by atoms with Gasteiger partial charge in [-0.1, -0.05) is 31.9 Å². The van der Waals surface area contributed by atoms with Crippen LogP contribution in [0.5, 0.6) is 5.75 Å². The molecular formula is C18H24N4O2. The number of rotatable bonds is 9. The van der Waals surface area contributed by atoms with Crippen molar-refractivity contribution >= 4 is 17.5 Å². The lowest BCUT2D eigenvalue weighted by atomic mass is 10.2. The molecule has 0 atom stereocenters. The van der Waals surface area contributed by atoms with E-state index in [-0.39, 0.29) is 5.91 Å². The molecule has 24 heavy (non-hydrogen) atoms. The summed E-state index contributed by atoms with van der Waals surface area (Å²) in [6.45, 7) is 5.29. The zero-order valence-corrected chi connectivity index (χ0v) is 14.2. The average Bonchev–Trinajstić information content (AvgIpc) is 2.61. The maximum absolute atomic E-state index is 12.1. The largest absolute Gasteiger partial charge is 0.492 e. The van der Waals surface area contributed by atoms with Gasteiger partial charge < -0.3 is 15.4 Å². The molecule has 1 amide bonds. The summed E-state index contributed by atoms with van der Waals surface area (Å²) >= 11 is 0. The molecule has 2 aromatic rings. The Hall–Kier alpha value is -2.63. The summed E-state index contributed by atoms with van der Waals surface area (Å²) in [5.74, 6) is 0.899. The molecule has 6 nitrogen and oxygen atoms in total. The number of nitrogens with one attached hydrogen (secondary N) is 2. The van der Waals surface area contributed by atoms with Crippen molar-refractivity contribution in [2.24, 2.45) is 0 Å². The molecular weight excluding hydrogens is 304 g/mol. The number of anilines is 2. The summed E-state index contributed by atoms with van der Waals surface area (Å²) in [4.78, 5) is 20.6. The van der Waals surface area contributed by atoms with Crippen molar-refractivity contribution in [3.8, 4) is 5.75 Å². The minimum atomic E-state index is -0.186. The fraction of sp³-hybridized carbons (Fsp3) is 0.389. The normalized spacial score (nSPS) is 10.2. The van der Waals surface area contributed by atoms with Gasteiger partial charge in [-0.25, -0.2) is 9.97 Å². The number of para-hydroxylation sites is 2. The van der Waals surface area contributed by atoms with Gasteiger partial charge in [0, 0.05) is 12.7 Å². The van der Waals surface area contributed by atoms with Crippen LogP contribution >= 0.6 is 0 Å². The lowest BCUT2D eigenvalue weighted by Crippen LogP contribution is -2.25. The second kappa shape index (κ2) is 9.50. The molecule has 128 valence electrons. The van der Waals surface area contributed by atoms with Gasteiger partial charge in [-0.3, -0.25) is 4.79 Å². The molecule has 0 aliphatic rings. The van der Waals surface area contributed by atoms with Crippen LogP contribution in [-0.4, -0.2) is 29.0 Å². The number of unbranched alkanes of at least 4 members (excludes halogenated alkanes) is 2. The fourth-order valence-electron chi connectivity index (χ4n) is 2.18. The smallest absolute Gasteiger partial charge is 0.270 e. The molecule has 1 heterocycles. The maximum atomic E-state index is 12.1. The highest BCUT2D eigenvalue weighted by Gasteiger charge is 2.10. The van der Waals surface area contributed by atoms with Crippen molar-refractivity contribution in [3.05, 3.63) is 42.2 Å². The number of carbonyl (C=O) groups excluding carboxylic acids is 1. The molecule has 0 bridgehead atoms. The molecule has 0 unspecified atom stereocenters.